The Balaban J connectivity index is 2.00. The molecule has 0 unspecified atom stereocenters. The minimum Gasteiger partial charge on any atom is -0.352 e. The van der Waals surface area contributed by atoms with Crippen molar-refractivity contribution in [2.24, 2.45) is 0 Å². The van der Waals surface area contributed by atoms with Gasteiger partial charge in [0.2, 0.25) is 11.8 Å². The fourth-order valence-electron chi connectivity index (χ4n) is 3.63. The largest absolute Gasteiger partial charge is 0.352 e. The van der Waals surface area contributed by atoms with Gasteiger partial charge in [0.1, 0.15) is 18.4 Å². The average Bonchev–Trinajstić information content (AvgIpc) is 2.87. The molecule has 0 saturated carbocycles. The van der Waals surface area contributed by atoms with Crippen LogP contribution in [0.25, 0.3) is 0 Å². The van der Waals surface area contributed by atoms with Gasteiger partial charge in [-0.05, 0) is 74.9 Å². The second kappa shape index (κ2) is 12.2. The Labute approximate surface area is 221 Å². The summed E-state index contributed by atoms with van der Waals surface area (Å²) < 4.78 is 41.7. The van der Waals surface area contributed by atoms with Gasteiger partial charge in [0.15, 0.2) is 0 Å². The van der Waals surface area contributed by atoms with Crippen LogP contribution in [0.2, 0.25) is 5.02 Å². The zero-order valence-electron chi connectivity index (χ0n) is 20.8. The SMILES string of the molecule is CC(C)NC(=O)[C@@H](C)N(Cc1ccc(F)cc1)C(=O)CN(c1ccc(Cl)cc1)S(=O)(=O)c1ccccc1. The summed E-state index contributed by atoms with van der Waals surface area (Å²) in [4.78, 5) is 27.9. The Morgan fingerprint density at radius 1 is 0.919 bits per heavy atom. The van der Waals surface area contributed by atoms with Crippen molar-refractivity contribution in [3.8, 4) is 0 Å². The topological polar surface area (TPSA) is 86.8 Å². The third-order valence-corrected chi connectivity index (χ3v) is 7.63. The molecule has 196 valence electrons. The molecule has 37 heavy (non-hydrogen) atoms. The second-order valence-corrected chi connectivity index (χ2v) is 11.1. The maximum atomic E-state index is 13.7. The van der Waals surface area contributed by atoms with E-state index in [2.05, 4.69) is 5.32 Å². The highest BCUT2D eigenvalue weighted by Gasteiger charge is 2.32. The predicted octanol–water partition coefficient (Wildman–Crippen LogP) is 4.62. The van der Waals surface area contributed by atoms with Gasteiger partial charge in [0.05, 0.1) is 10.6 Å². The van der Waals surface area contributed by atoms with Crippen LogP contribution in [0.15, 0.2) is 83.8 Å². The molecule has 0 spiro atoms. The van der Waals surface area contributed by atoms with Gasteiger partial charge in [-0.25, -0.2) is 12.8 Å². The zero-order chi connectivity index (χ0) is 27.2. The van der Waals surface area contributed by atoms with Crippen LogP contribution < -0.4 is 9.62 Å². The van der Waals surface area contributed by atoms with Crippen LogP contribution in [0, 0.1) is 5.82 Å². The summed E-state index contributed by atoms with van der Waals surface area (Å²) in [5.74, 6) is -1.44. The maximum absolute atomic E-state index is 13.7. The molecule has 7 nitrogen and oxygen atoms in total. The Morgan fingerprint density at radius 3 is 2.08 bits per heavy atom. The first kappa shape index (κ1) is 28.1. The lowest BCUT2D eigenvalue weighted by Crippen LogP contribution is -2.52. The summed E-state index contributed by atoms with van der Waals surface area (Å²) in [5.41, 5.74) is 0.825. The smallest absolute Gasteiger partial charge is 0.264 e. The Morgan fingerprint density at radius 2 is 1.51 bits per heavy atom. The number of anilines is 1. The van der Waals surface area contributed by atoms with Crippen LogP contribution >= 0.6 is 11.6 Å². The highest BCUT2D eigenvalue weighted by molar-refractivity contribution is 7.92. The number of amides is 2. The maximum Gasteiger partial charge on any atom is 0.264 e. The number of nitrogens with zero attached hydrogens (tertiary/aromatic N) is 2. The number of rotatable bonds is 10. The normalized spacial score (nSPS) is 12.2. The quantitative estimate of drug-likeness (QED) is 0.403. The molecule has 0 aliphatic carbocycles. The number of carbonyl (C=O) groups is 2. The van der Waals surface area contributed by atoms with E-state index in [1.165, 1.54) is 65.6 Å². The minimum atomic E-state index is -4.15. The molecule has 10 heteroatoms. The van der Waals surface area contributed by atoms with Crippen molar-refractivity contribution >= 4 is 39.1 Å². The van der Waals surface area contributed by atoms with Gasteiger partial charge >= 0.3 is 0 Å². The first-order valence-electron chi connectivity index (χ1n) is 11.7. The highest BCUT2D eigenvalue weighted by Crippen LogP contribution is 2.26. The fourth-order valence-corrected chi connectivity index (χ4v) is 5.19. The number of nitrogens with one attached hydrogen (secondary N) is 1. The molecular formula is C27H29ClFN3O4S. The molecule has 0 aliphatic heterocycles. The van der Waals surface area contributed by atoms with Crippen molar-refractivity contribution in [1.29, 1.82) is 0 Å². The molecular weight excluding hydrogens is 517 g/mol. The number of sulfonamides is 1. The van der Waals surface area contributed by atoms with Gasteiger partial charge in [-0.1, -0.05) is 41.9 Å². The van der Waals surface area contributed by atoms with Crippen LogP contribution in [0.1, 0.15) is 26.3 Å². The summed E-state index contributed by atoms with van der Waals surface area (Å²) in [6.45, 7) is 4.57. The molecule has 1 atom stereocenters. The Kier molecular flexibility index (Phi) is 9.29. The van der Waals surface area contributed by atoms with Gasteiger partial charge in [0, 0.05) is 17.6 Å². The van der Waals surface area contributed by atoms with E-state index >= 15 is 0 Å². The molecule has 1 N–H and O–H groups in total. The van der Waals surface area contributed by atoms with E-state index in [-0.39, 0.29) is 23.2 Å². The molecule has 0 bridgehead atoms. The van der Waals surface area contributed by atoms with Gasteiger partial charge < -0.3 is 10.2 Å². The van der Waals surface area contributed by atoms with Crippen molar-refractivity contribution in [3.05, 3.63) is 95.3 Å². The fraction of sp³-hybridized carbons (Fsp3) is 0.259. The van der Waals surface area contributed by atoms with Crippen molar-refractivity contribution in [1.82, 2.24) is 10.2 Å². The third kappa shape index (κ3) is 7.30. The van der Waals surface area contributed by atoms with E-state index in [4.69, 9.17) is 11.6 Å². The molecule has 3 aromatic carbocycles. The molecule has 0 radical (unpaired) electrons. The summed E-state index contributed by atoms with van der Waals surface area (Å²) in [7, 11) is -4.15. The molecule has 3 aromatic rings. The predicted molar refractivity (Wildman–Crippen MR) is 142 cm³/mol. The van der Waals surface area contributed by atoms with Crippen LogP contribution in [0.3, 0.4) is 0 Å². The summed E-state index contributed by atoms with van der Waals surface area (Å²) in [6, 6.07) is 18.3. The zero-order valence-corrected chi connectivity index (χ0v) is 22.3. The Bertz CT molecular complexity index is 1320. The van der Waals surface area contributed by atoms with E-state index < -0.39 is 40.2 Å². The molecule has 0 aromatic heterocycles. The number of carbonyl (C=O) groups excluding carboxylic acids is 2. The number of halogens is 2. The molecule has 0 saturated heterocycles. The van der Waals surface area contributed by atoms with Crippen LogP contribution in [0.4, 0.5) is 10.1 Å². The van der Waals surface area contributed by atoms with E-state index in [9.17, 15) is 22.4 Å². The summed E-state index contributed by atoms with van der Waals surface area (Å²) >= 11 is 6.01. The van der Waals surface area contributed by atoms with Crippen molar-refractivity contribution in [2.45, 2.75) is 44.3 Å². The first-order valence-corrected chi connectivity index (χ1v) is 13.5. The third-order valence-electron chi connectivity index (χ3n) is 5.59. The number of benzene rings is 3. The monoisotopic (exact) mass is 545 g/mol. The number of hydrogen-bond acceptors (Lipinski definition) is 4. The van der Waals surface area contributed by atoms with Gasteiger partial charge in [-0.2, -0.15) is 0 Å². The highest BCUT2D eigenvalue weighted by atomic mass is 35.5. The van der Waals surface area contributed by atoms with Crippen LogP contribution in [-0.4, -0.2) is 43.8 Å². The van der Waals surface area contributed by atoms with Crippen molar-refractivity contribution in [3.63, 3.8) is 0 Å². The van der Waals surface area contributed by atoms with Gasteiger partial charge in [0.25, 0.3) is 10.0 Å². The van der Waals surface area contributed by atoms with Gasteiger partial charge in [-0.15, -0.1) is 0 Å². The lowest BCUT2D eigenvalue weighted by Gasteiger charge is -2.32. The van der Waals surface area contributed by atoms with E-state index in [1.807, 2.05) is 0 Å². The Hall–Kier alpha value is -3.43. The van der Waals surface area contributed by atoms with Crippen LogP contribution in [-0.2, 0) is 26.2 Å². The number of hydrogen-bond donors (Lipinski definition) is 1. The van der Waals surface area contributed by atoms with Gasteiger partial charge in [-0.3, -0.25) is 13.9 Å². The lowest BCUT2D eigenvalue weighted by atomic mass is 10.1. The first-order chi connectivity index (χ1) is 17.5. The van der Waals surface area contributed by atoms with Crippen molar-refractivity contribution in [2.75, 3.05) is 10.8 Å². The molecule has 0 fully saturated rings. The average molecular weight is 546 g/mol. The standard InChI is InChI=1S/C27H29ClFN3O4S/c1-19(2)30-27(34)20(3)31(17-21-9-13-23(29)14-10-21)26(33)18-32(24-15-11-22(28)12-16-24)37(35,36)25-7-5-4-6-8-25/h4-16,19-20H,17-18H2,1-3H3,(H,30,34)/t20-/m1/s1. The minimum absolute atomic E-state index is 0.00781. The van der Waals surface area contributed by atoms with E-state index in [0.29, 0.717) is 10.6 Å². The van der Waals surface area contributed by atoms with Crippen LogP contribution in [0.5, 0.6) is 0 Å². The van der Waals surface area contributed by atoms with E-state index in [1.54, 1.807) is 39.0 Å². The lowest BCUT2D eigenvalue weighted by molar-refractivity contribution is -0.139. The summed E-state index contributed by atoms with van der Waals surface area (Å²) in [5, 5.41) is 3.19. The molecule has 2 amide bonds. The molecule has 0 aliphatic rings. The van der Waals surface area contributed by atoms with E-state index in [0.717, 1.165) is 4.31 Å². The molecule has 3 rings (SSSR count). The summed E-state index contributed by atoms with van der Waals surface area (Å²) in [6.07, 6.45) is 0. The van der Waals surface area contributed by atoms with Crippen molar-refractivity contribution < 1.29 is 22.4 Å². The molecule has 0 heterocycles. The second-order valence-electron chi connectivity index (χ2n) is 8.79.